The molecule has 0 aliphatic rings. The Bertz CT molecular complexity index is 965. The lowest BCUT2D eigenvalue weighted by molar-refractivity contribution is 0.0962. The van der Waals surface area contributed by atoms with E-state index in [1.54, 1.807) is 24.3 Å². The summed E-state index contributed by atoms with van der Waals surface area (Å²) < 4.78 is 5.42. The number of carbonyl (C=O) groups excluding carboxylic acids is 1. The molecule has 0 saturated heterocycles. The minimum absolute atomic E-state index is 0.253. The molecule has 1 amide bonds. The Morgan fingerprint density at radius 3 is 2.61 bits per heavy atom. The molecule has 0 spiro atoms. The van der Waals surface area contributed by atoms with E-state index in [1.165, 1.54) is 6.33 Å². The van der Waals surface area contributed by atoms with E-state index in [0.29, 0.717) is 23.0 Å². The van der Waals surface area contributed by atoms with Crippen LogP contribution in [-0.4, -0.2) is 22.5 Å². The molecule has 0 atom stereocenters. The number of anilines is 4. The molecule has 0 unspecified atom stereocenters. The summed E-state index contributed by atoms with van der Waals surface area (Å²) in [6.07, 6.45) is 1.33. The zero-order valence-electron chi connectivity index (χ0n) is 15.1. The number of benzene rings is 2. The van der Waals surface area contributed by atoms with E-state index in [-0.39, 0.29) is 17.4 Å². The fourth-order valence-corrected chi connectivity index (χ4v) is 2.54. The van der Waals surface area contributed by atoms with Crippen LogP contribution in [0.25, 0.3) is 0 Å². The SMILES string of the molecule is CCOc1ccc(Nc2ncnc(NNC(=O)c3cccc(Cl)c3)c2N)cc1. The lowest BCUT2D eigenvalue weighted by atomic mass is 10.2. The predicted octanol–water partition coefficient (Wildman–Crippen LogP) is 3.61. The van der Waals surface area contributed by atoms with Gasteiger partial charge in [-0.15, -0.1) is 0 Å². The Kier molecular flexibility index (Phi) is 6.13. The van der Waals surface area contributed by atoms with Gasteiger partial charge in [0.25, 0.3) is 5.91 Å². The summed E-state index contributed by atoms with van der Waals surface area (Å²) in [5.41, 5.74) is 12.8. The van der Waals surface area contributed by atoms with Crippen LogP contribution in [0.3, 0.4) is 0 Å². The molecular formula is C19H19ClN6O2. The maximum absolute atomic E-state index is 12.2. The third-order valence-electron chi connectivity index (χ3n) is 3.69. The molecule has 0 bridgehead atoms. The van der Waals surface area contributed by atoms with Crippen LogP contribution in [0.15, 0.2) is 54.9 Å². The van der Waals surface area contributed by atoms with Crippen LogP contribution in [0.5, 0.6) is 5.75 Å². The highest BCUT2D eigenvalue weighted by molar-refractivity contribution is 6.30. The number of aromatic nitrogens is 2. The number of nitrogens with two attached hydrogens (primary N) is 1. The number of amides is 1. The molecule has 0 radical (unpaired) electrons. The number of halogens is 1. The van der Waals surface area contributed by atoms with E-state index in [2.05, 4.69) is 26.1 Å². The van der Waals surface area contributed by atoms with Gasteiger partial charge in [-0.3, -0.25) is 15.6 Å². The smallest absolute Gasteiger partial charge is 0.269 e. The quantitative estimate of drug-likeness (QED) is 0.449. The van der Waals surface area contributed by atoms with E-state index in [0.717, 1.165) is 11.4 Å². The van der Waals surface area contributed by atoms with Crippen molar-refractivity contribution in [1.29, 1.82) is 0 Å². The standard InChI is InChI=1S/C19H19ClN6O2/c1-2-28-15-8-6-14(7-9-15)24-17-16(21)18(23-11-22-17)25-26-19(27)12-4-3-5-13(20)10-12/h3-11H,2,21H2,1H3,(H,26,27)(H2,22,23,24,25). The van der Waals surface area contributed by atoms with Crippen LogP contribution in [0, 0.1) is 0 Å². The topological polar surface area (TPSA) is 114 Å². The van der Waals surface area contributed by atoms with Crippen LogP contribution in [0.1, 0.15) is 17.3 Å². The van der Waals surface area contributed by atoms with Crippen molar-refractivity contribution in [3.05, 3.63) is 65.4 Å². The Morgan fingerprint density at radius 2 is 1.89 bits per heavy atom. The van der Waals surface area contributed by atoms with Gasteiger partial charge in [0.2, 0.25) is 0 Å². The van der Waals surface area contributed by atoms with E-state index in [1.807, 2.05) is 31.2 Å². The summed E-state index contributed by atoms with van der Waals surface area (Å²) in [6.45, 7) is 2.52. The normalized spacial score (nSPS) is 10.2. The van der Waals surface area contributed by atoms with Crippen molar-refractivity contribution >= 4 is 40.5 Å². The number of nitrogen functional groups attached to an aromatic ring is 1. The molecule has 3 aromatic rings. The average Bonchev–Trinajstić information content (AvgIpc) is 2.70. The molecule has 28 heavy (non-hydrogen) atoms. The Hall–Kier alpha value is -3.52. The lowest BCUT2D eigenvalue weighted by Crippen LogP contribution is -2.30. The van der Waals surface area contributed by atoms with Gasteiger partial charge in [-0.05, 0) is 49.4 Å². The van der Waals surface area contributed by atoms with Gasteiger partial charge in [0.05, 0.1) is 6.61 Å². The molecule has 1 aromatic heterocycles. The lowest BCUT2D eigenvalue weighted by Gasteiger charge is -2.13. The first-order chi connectivity index (χ1) is 13.6. The third-order valence-corrected chi connectivity index (χ3v) is 3.93. The summed E-state index contributed by atoms with van der Waals surface area (Å²) in [7, 11) is 0. The van der Waals surface area contributed by atoms with Crippen molar-refractivity contribution in [3.8, 4) is 5.75 Å². The van der Waals surface area contributed by atoms with Crippen molar-refractivity contribution in [2.45, 2.75) is 6.92 Å². The summed E-state index contributed by atoms with van der Waals surface area (Å²) >= 11 is 5.90. The van der Waals surface area contributed by atoms with Crippen molar-refractivity contribution in [1.82, 2.24) is 15.4 Å². The van der Waals surface area contributed by atoms with Gasteiger partial charge in [-0.1, -0.05) is 17.7 Å². The third kappa shape index (κ3) is 4.80. The molecule has 0 fully saturated rings. The van der Waals surface area contributed by atoms with Crippen LogP contribution in [0.2, 0.25) is 5.02 Å². The van der Waals surface area contributed by atoms with Gasteiger partial charge in [-0.2, -0.15) is 0 Å². The summed E-state index contributed by atoms with van der Waals surface area (Å²) in [4.78, 5) is 20.4. The molecule has 0 aliphatic heterocycles. The number of nitrogens with zero attached hydrogens (tertiary/aromatic N) is 2. The first-order valence-electron chi connectivity index (χ1n) is 8.49. The fraction of sp³-hybridized carbons (Fsp3) is 0.105. The maximum atomic E-state index is 12.2. The minimum Gasteiger partial charge on any atom is -0.494 e. The molecule has 144 valence electrons. The second-order valence-electron chi connectivity index (χ2n) is 5.66. The highest BCUT2D eigenvalue weighted by Gasteiger charge is 2.11. The maximum Gasteiger partial charge on any atom is 0.269 e. The van der Waals surface area contributed by atoms with Gasteiger partial charge >= 0.3 is 0 Å². The van der Waals surface area contributed by atoms with E-state index < -0.39 is 0 Å². The van der Waals surface area contributed by atoms with Crippen LogP contribution in [-0.2, 0) is 0 Å². The van der Waals surface area contributed by atoms with Crippen LogP contribution in [0.4, 0.5) is 23.0 Å². The summed E-state index contributed by atoms with van der Waals surface area (Å²) in [6, 6.07) is 14.0. The molecule has 8 nitrogen and oxygen atoms in total. The molecule has 5 N–H and O–H groups in total. The number of hydrogen-bond acceptors (Lipinski definition) is 7. The number of carbonyl (C=O) groups is 1. The Balaban J connectivity index is 1.67. The van der Waals surface area contributed by atoms with Gasteiger partial charge in [-0.25, -0.2) is 9.97 Å². The first kappa shape index (κ1) is 19.2. The second-order valence-corrected chi connectivity index (χ2v) is 6.09. The number of rotatable bonds is 7. The highest BCUT2D eigenvalue weighted by Crippen LogP contribution is 2.26. The predicted molar refractivity (Wildman–Crippen MR) is 110 cm³/mol. The van der Waals surface area contributed by atoms with Gasteiger partial charge in [0, 0.05) is 16.3 Å². The van der Waals surface area contributed by atoms with Crippen LogP contribution >= 0.6 is 11.6 Å². The van der Waals surface area contributed by atoms with Gasteiger partial charge in [0.15, 0.2) is 11.6 Å². The number of ether oxygens (including phenoxy) is 1. The van der Waals surface area contributed by atoms with Gasteiger partial charge in [0.1, 0.15) is 17.8 Å². The highest BCUT2D eigenvalue weighted by atomic mass is 35.5. The Morgan fingerprint density at radius 1 is 1.14 bits per heavy atom. The number of hydrazine groups is 1. The summed E-state index contributed by atoms with van der Waals surface area (Å²) in [5, 5.41) is 3.58. The minimum atomic E-state index is -0.374. The second kappa shape index (κ2) is 8.92. The van der Waals surface area contributed by atoms with E-state index >= 15 is 0 Å². The molecule has 3 rings (SSSR count). The first-order valence-corrected chi connectivity index (χ1v) is 8.87. The Labute approximate surface area is 167 Å². The van der Waals surface area contributed by atoms with E-state index in [4.69, 9.17) is 22.1 Å². The van der Waals surface area contributed by atoms with E-state index in [9.17, 15) is 4.79 Å². The van der Waals surface area contributed by atoms with Crippen molar-refractivity contribution in [3.63, 3.8) is 0 Å². The van der Waals surface area contributed by atoms with Crippen molar-refractivity contribution < 1.29 is 9.53 Å². The number of nitrogens with one attached hydrogen (secondary N) is 3. The summed E-state index contributed by atoms with van der Waals surface area (Å²) in [5.74, 6) is 1.06. The fourth-order valence-electron chi connectivity index (χ4n) is 2.35. The molecule has 9 heteroatoms. The number of hydrogen-bond donors (Lipinski definition) is 4. The monoisotopic (exact) mass is 398 g/mol. The molecule has 1 heterocycles. The van der Waals surface area contributed by atoms with Crippen molar-refractivity contribution in [2.75, 3.05) is 23.1 Å². The zero-order chi connectivity index (χ0) is 19.9. The van der Waals surface area contributed by atoms with Gasteiger partial charge < -0.3 is 15.8 Å². The average molecular weight is 399 g/mol. The molecular weight excluding hydrogens is 380 g/mol. The molecule has 0 aliphatic carbocycles. The molecule has 0 saturated carbocycles. The zero-order valence-corrected chi connectivity index (χ0v) is 15.8. The largest absolute Gasteiger partial charge is 0.494 e. The van der Waals surface area contributed by atoms with Crippen LogP contribution < -0.4 is 26.6 Å². The molecule has 2 aromatic carbocycles. The van der Waals surface area contributed by atoms with Crippen molar-refractivity contribution in [2.24, 2.45) is 0 Å².